The Labute approximate surface area is 180 Å². The summed E-state index contributed by atoms with van der Waals surface area (Å²) >= 11 is 0. The highest BCUT2D eigenvalue weighted by molar-refractivity contribution is 5.96. The molecule has 0 bridgehead atoms. The molecule has 1 amide bonds. The number of allylic oxidation sites excluding steroid dienone is 1. The van der Waals surface area contributed by atoms with E-state index in [0.29, 0.717) is 5.56 Å². The zero-order valence-electron chi connectivity index (χ0n) is 18.9. The van der Waals surface area contributed by atoms with Crippen LogP contribution in [0.3, 0.4) is 0 Å². The topological polar surface area (TPSA) is 102 Å². The summed E-state index contributed by atoms with van der Waals surface area (Å²) < 4.78 is 4.89. The van der Waals surface area contributed by atoms with Crippen LogP contribution in [0.25, 0.3) is 0 Å². The van der Waals surface area contributed by atoms with Gasteiger partial charge >= 0.3 is 5.97 Å². The number of rotatable bonds is 8. The van der Waals surface area contributed by atoms with Gasteiger partial charge in [-0.15, -0.1) is 0 Å². The first-order chi connectivity index (χ1) is 14.3. The normalized spacial score (nSPS) is 21.2. The summed E-state index contributed by atoms with van der Waals surface area (Å²) in [4.78, 5) is 26.5. The van der Waals surface area contributed by atoms with E-state index in [0.717, 1.165) is 49.1 Å². The Morgan fingerprint density at radius 2 is 1.97 bits per heavy atom. The summed E-state index contributed by atoms with van der Waals surface area (Å²) in [7, 11) is 1.35. The van der Waals surface area contributed by atoms with Crippen LogP contribution in [0.2, 0.25) is 0 Å². The molecule has 3 atom stereocenters. The van der Waals surface area contributed by atoms with E-state index in [-0.39, 0.29) is 23.9 Å². The first-order valence-electron chi connectivity index (χ1n) is 10.8. The number of hydrazine groups is 1. The number of ether oxygens (including phenoxy) is 1. The number of carbonyl (C=O) groups is 2. The van der Waals surface area contributed by atoms with E-state index < -0.39 is 5.97 Å². The van der Waals surface area contributed by atoms with Gasteiger partial charge in [-0.1, -0.05) is 33.6 Å². The monoisotopic (exact) mass is 416 g/mol. The van der Waals surface area contributed by atoms with Crippen LogP contribution in [-0.4, -0.2) is 30.0 Å². The van der Waals surface area contributed by atoms with Gasteiger partial charge in [-0.3, -0.25) is 4.79 Å². The van der Waals surface area contributed by atoms with E-state index >= 15 is 0 Å². The molecule has 7 heteroatoms. The number of esters is 1. The summed E-state index contributed by atoms with van der Waals surface area (Å²) in [6.07, 6.45) is 6.64. The molecule has 1 aliphatic heterocycles. The maximum absolute atomic E-state index is 12.5. The molecule has 30 heavy (non-hydrogen) atoms. The van der Waals surface area contributed by atoms with Crippen LogP contribution in [0, 0.1) is 5.92 Å². The molecular formula is C23H36N4O3. The van der Waals surface area contributed by atoms with Gasteiger partial charge in [0, 0.05) is 42.0 Å². The molecule has 0 unspecified atom stereocenters. The van der Waals surface area contributed by atoms with E-state index in [1.807, 2.05) is 11.0 Å². The molecule has 2 rings (SSSR count). The predicted octanol–water partition coefficient (Wildman–Crippen LogP) is 3.85. The molecule has 166 valence electrons. The van der Waals surface area contributed by atoms with Gasteiger partial charge in [0.25, 0.3) is 0 Å². The molecule has 0 aliphatic carbocycles. The number of unbranched alkanes of at least 4 members (excludes halogenated alkanes) is 2. The number of anilines is 1. The van der Waals surface area contributed by atoms with Gasteiger partial charge in [-0.05, 0) is 37.5 Å². The molecule has 1 aromatic carbocycles. The number of nitrogens with two attached hydrogens (primary N) is 2. The minimum absolute atomic E-state index is 0.00950. The van der Waals surface area contributed by atoms with Gasteiger partial charge in [0.1, 0.15) is 0 Å². The molecule has 0 fully saturated rings. The Morgan fingerprint density at radius 1 is 1.27 bits per heavy atom. The summed E-state index contributed by atoms with van der Waals surface area (Å²) in [6, 6.07) is 5.05. The van der Waals surface area contributed by atoms with Crippen molar-refractivity contribution in [1.29, 1.82) is 0 Å². The molecule has 0 radical (unpaired) electrons. The molecule has 4 N–H and O–H groups in total. The van der Waals surface area contributed by atoms with Crippen molar-refractivity contribution in [2.24, 2.45) is 17.5 Å². The first kappa shape index (κ1) is 23.7. The van der Waals surface area contributed by atoms with E-state index in [4.69, 9.17) is 16.3 Å². The molecule has 0 saturated carbocycles. The van der Waals surface area contributed by atoms with Crippen molar-refractivity contribution in [2.75, 3.05) is 12.0 Å². The van der Waals surface area contributed by atoms with Gasteiger partial charge in [0.15, 0.2) is 0 Å². The molecule has 7 nitrogen and oxygen atoms in total. The Kier molecular flexibility index (Phi) is 8.29. The highest BCUT2D eigenvalue weighted by atomic mass is 16.5. The Morgan fingerprint density at radius 3 is 2.53 bits per heavy atom. The SMILES string of the molecule is CCCCC/C(N)=C/N(N)[C@H]1c2cc(C(=O)OC)ccc2N(C(C)=O)[C@H](CC)[C@@H]1C. The van der Waals surface area contributed by atoms with Gasteiger partial charge in [0.05, 0.1) is 18.7 Å². The lowest BCUT2D eigenvalue weighted by atomic mass is 9.80. The lowest BCUT2D eigenvalue weighted by Gasteiger charge is -2.47. The molecule has 1 aliphatic rings. The van der Waals surface area contributed by atoms with Crippen molar-refractivity contribution < 1.29 is 14.3 Å². The first-order valence-corrected chi connectivity index (χ1v) is 10.8. The van der Waals surface area contributed by atoms with Crippen molar-refractivity contribution in [3.63, 3.8) is 0 Å². The van der Waals surface area contributed by atoms with Crippen molar-refractivity contribution in [1.82, 2.24) is 5.01 Å². The van der Waals surface area contributed by atoms with Crippen molar-refractivity contribution >= 4 is 17.6 Å². The largest absolute Gasteiger partial charge is 0.465 e. The van der Waals surface area contributed by atoms with Crippen LogP contribution in [0.15, 0.2) is 30.1 Å². The second-order valence-electron chi connectivity index (χ2n) is 8.04. The summed E-state index contributed by atoms with van der Waals surface area (Å²) in [5.41, 5.74) is 8.99. The molecule has 1 aromatic rings. The van der Waals surface area contributed by atoms with Crippen LogP contribution in [0.1, 0.15) is 81.8 Å². The minimum atomic E-state index is -0.422. The lowest BCUT2D eigenvalue weighted by molar-refractivity contribution is -0.117. The standard InChI is InChI=1S/C23H36N4O3/c1-6-8-9-10-18(24)14-26(25)22-15(3)20(7-2)27(16(4)28)21-12-11-17(13-19(21)22)23(29)30-5/h11-15,20,22H,6-10,24-25H2,1-5H3/b18-14-/t15-,20+,22+/m0/s1. The van der Waals surface area contributed by atoms with E-state index in [9.17, 15) is 9.59 Å². The highest BCUT2D eigenvalue weighted by Gasteiger charge is 2.41. The summed E-state index contributed by atoms with van der Waals surface area (Å²) in [6.45, 7) is 7.88. The quantitative estimate of drug-likeness (QED) is 0.289. The number of hydrogen-bond acceptors (Lipinski definition) is 6. The average molecular weight is 417 g/mol. The third-order valence-electron chi connectivity index (χ3n) is 5.93. The number of carbonyl (C=O) groups excluding carboxylic acids is 2. The van der Waals surface area contributed by atoms with Crippen molar-refractivity contribution in [3.05, 3.63) is 41.2 Å². The van der Waals surface area contributed by atoms with Crippen LogP contribution in [-0.2, 0) is 9.53 Å². The van der Waals surface area contributed by atoms with Gasteiger partial charge < -0.3 is 20.4 Å². The number of methoxy groups -OCH3 is 1. The average Bonchev–Trinajstić information content (AvgIpc) is 2.71. The van der Waals surface area contributed by atoms with Crippen LogP contribution in [0.4, 0.5) is 5.69 Å². The fourth-order valence-electron chi connectivity index (χ4n) is 4.47. The maximum Gasteiger partial charge on any atom is 0.337 e. The van der Waals surface area contributed by atoms with Crippen LogP contribution < -0.4 is 16.5 Å². The van der Waals surface area contributed by atoms with Gasteiger partial charge in [0.2, 0.25) is 5.91 Å². The second kappa shape index (κ2) is 10.5. The highest BCUT2D eigenvalue weighted by Crippen LogP contribution is 2.44. The Balaban J connectivity index is 2.53. The second-order valence-corrected chi connectivity index (χ2v) is 8.04. The fraction of sp³-hybridized carbons (Fsp3) is 0.565. The zero-order chi connectivity index (χ0) is 22.4. The van der Waals surface area contributed by atoms with E-state index in [2.05, 4.69) is 20.8 Å². The van der Waals surface area contributed by atoms with Gasteiger partial charge in [-0.2, -0.15) is 0 Å². The van der Waals surface area contributed by atoms with Crippen LogP contribution in [0.5, 0.6) is 0 Å². The third-order valence-corrected chi connectivity index (χ3v) is 5.93. The number of nitrogens with zero attached hydrogens (tertiary/aromatic N) is 2. The van der Waals surface area contributed by atoms with E-state index in [1.54, 1.807) is 30.3 Å². The van der Waals surface area contributed by atoms with Crippen molar-refractivity contribution in [2.45, 2.75) is 71.9 Å². The van der Waals surface area contributed by atoms with Gasteiger partial charge in [-0.25, -0.2) is 10.6 Å². The minimum Gasteiger partial charge on any atom is -0.465 e. The number of fused-ring (bicyclic) bond motifs is 1. The molecule has 0 aromatic heterocycles. The Bertz CT molecular complexity index is 793. The lowest BCUT2D eigenvalue weighted by Crippen LogP contribution is -2.52. The maximum atomic E-state index is 12.5. The van der Waals surface area contributed by atoms with Crippen LogP contribution >= 0.6 is 0 Å². The fourth-order valence-corrected chi connectivity index (χ4v) is 4.47. The molecular weight excluding hydrogens is 380 g/mol. The molecule has 0 saturated heterocycles. The number of benzene rings is 1. The Hall–Kier alpha value is -2.54. The number of amides is 1. The molecule has 1 heterocycles. The van der Waals surface area contributed by atoms with Crippen molar-refractivity contribution in [3.8, 4) is 0 Å². The summed E-state index contributed by atoms with van der Waals surface area (Å²) in [5, 5.41) is 1.64. The zero-order valence-corrected chi connectivity index (χ0v) is 18.9. The molecule has 0 spiro atoms. The predicted molar refractivity (Wildman–Crippen MR) is 119 cm³/mol. The van der Waals surface area contributed by atoms with E-state index in [1.165, 1.54) is 7.11 Å². The number of hydrogen-bond donors (Lipinski definition) is 2. The smallest absolute Gasteiger partial charge is 0.337 e. The third kappa shape index (κ3) is 4.95. The summed E-state index contributed by atoms with van der Waals surface area (Å²) in [5.74, 6) is 6.09.